The van der Waals surface area contributed by atoms with E-state index in [1.54, 1.807) is 36.3 Å². The van der Waals surface area contributed by atoms with Crippen LogP contribution >= 0.6 is 0 Å². The lowest BCUT2D eigenvalue weighted by Crippen LogP contribution is -2.35. The third kappa shape index (κ3) is 5.11. The number of piperidine rings is 1. The summed E-state index contributed by atoms with van der Waals surface area (Å²) in [6.07, 6.45) is 3.11. The number of amides is 1. The van der Waals surface area contributed by atoms with E-state index in [1.807, 2.05) is 12.1 Å². The molecule has 2 aromatic rings. The van der Waals surface area contributed by atoms with Gasteiger partial charge in [0, 0.05) is 18.7 Å². The molecule has 0 aliphatic carbocycles. The molecule has 0 radical (unpaired) electrons. The molecule has 7 heteroatoms. The minimum atomic E-state index is -3.65. The van der Waals surface area contributed by atoms with Gasteiger partial charge in [-0.2, -0.15) is 0 Å². The number of hydrogen-bond acceptors (Lipinski definition) is 5. The van der Waals surface area contributed by atoms with Crippen molar-refractivity contribution < 1.29 is 22.7 Å². The van der Waals surface area contributed by atoms with Crippen molar-refractivity contribution in [2.75, 3.05) is 26.1 Å². The smallest absolute Gasteiger partial charge is 0.253 e. The minimum Gasteiger partial charge on any atom is -0.497 e. The SMILES string of the molecule is COc1ccc(COCS(=O)(=O)c2cccc(C(=O)N3CCCCC3)c2)cc1. The van der Waals surface area contributed by atoms with Gasteiger partial charge in [-0.15, -0.1) is 0 Å². The maximum absolute atomic E-state index is 12.6. The van der Waals surface area contributed by atoms with E-state index in [0.717, 1.165) is 43.7 Å². The Morgan fingerprint density at radius 2 is 1.75 bits per heavy atom. The summed E-state index contributed by atoms with van der Waals surface area (Å²) in [5, 5.41) is 0. The normalized spacial score (nSPS) is 14.7. The second-order valence-electron chi connectivity index (χ2n) is 6.81. The molecular formula is C21H25NO5S. The summed E-state index contributed by atoms with van der Waals surface area (Å²) in [6, 6.07) is 13.4. The summed E-state index contributed by atoms with van der Waals surface area (Å²) in [5.41, 5.74) is 1.25. The van der Waals surface area contributed by atoms with E-state index in [9.17, 15) is 13.2 Å². The molecule has 150 valence electrons. The van der Waals surface area contributed by atoms with Crippen LogP contribution in [0.2, 0.25) is 0 Å². The first kappa shape index (κ1) is 20.4. The van der Waals surface area contributed by atoms with Crippen molar-refractivity contribution in [2.45, 2.75) is 30.8 Å². The molecule has 0 spiro atoms. The van der Waals surface area contributed by atoms with E-state index in [4.69, 9.17) is 9.47 Å². The molecule has 0 atom stereocenters. The molecule has 1 saturated heterocycles. The lowest BCUT2D eigenvalue weighted by atomic mass is 10.1. The Kier molecular flexibility index (Phi) is 6.70. The Labute approximate surface area is 166 Å². The van der Waals surface area contributed by atoms with Crippen LogP contribution in [-0.4, -0.2) is 45.4 Å². The van der Waals surface area contributed by atoms with Gasteiger partial charge in [0.15, 0.2) is 5.94 Å². The maximum atomic E-state index is 12.6. The molecule has 6 nitrogen and oxygen atoms in total. The summed E-state index contributed by atoms with van der Waals surface area (Å²) in [6.45, 7) is 1.62. The number of rotatable bonds is 7. The quantitative estimate of drug-likeness (QED) is 0.709. The highest BCUT2D eigenvalue weighted by atomic mass is 32.2. The summed E-state index contributed by atoms with van der Waals surface area (Å²) >= 11 is 0. The Hall–Kier alpha value is -2.38. The first-order chi connectivity index (χ1) is 13.5. The summed E-state index contributed by atoms with van der Waals surface area (Å²) in [5.74, 6) is 0.169. The van der Waals surface area contributed by atoms with Gasteiger partial charge in [0.2, 0.25) is 9.84 Å². The van der Waals surface area contributed by atoms with Crippen molar-refractivity contribution in [2.24, 2.45) is 0 Å². The topological polar surface area (TPSA) is 72.9 Å². The molecule has 3 rings (SSSR count). The van der Waals surface area contributed by atoms with Crippen LogP contribution in [0.25, 0.3) is 0 Å². The van der Waals surface area contributed by atoms with E-state index in [0.29, 0.717) is 5.56 Å². The molecular weight excluding hydrogens is 378 g/mol. The molecule has 28 heavy (non-hydrogen) atoms. The molecule has 2 aromatic carbocycles. The number of benzene rings is 2. The third-order valence-corrected chi connectivity index (χ3v) is 6.20. The lowest BCUT2D eigenvalue weighted by molar-refractivity contribution is 0.0724. The number of sulfone groups is 1. The number of ether oxygens (including phenoxy) is 2. The Balaban J connectivity index is 1.63. The molecule has 0 unspecified atom stereocenters. The van der Waals surface area contributed by atoms with Gasteiger partial charge in [-0.25, -0.2) is 8.42 Å². The predicted molar refractivity (Wildman–Crippen MR) is 106 cm³/mol. The van der Waals surface area contributed by atoms with E-state index in [-0.39, 0.29) is 17.4 Å². The molecule has 1 aliphatic rings. The van der Waals surface area contributed by atoms with E-state index < -0.39 is 15.8 Å². The number of nitrogens with zero attached hydrogens (tertiary/aromatic N) is 1. The second-order valence-corrected chi connectivity index (χ2v) is 8.75. The van der Waals surface area contributed by atoms with Crippen LogP contribution in [0.3, 0.4) is 0 Å². The van der Waals surface area contributed by atoms with Crippen LogP contribution in [-0.2, 0) is 21.2 Å². The zero-order valence-corrected chi connectivity index (χ0v) is 16.8. The average molecular weight is 404 g/mol. The van der Waals surface area contributed by atoms with Crippen molar-refractivity contribution in [3.63, 3.8) is 0 Å². The van der Waals surface area contributed by atoms with Crippen LogP contribution in [0.5, 0.6) is 5.75 Å². The largest absolute Gasteiger partial charge is 0.497 e. The zero-order valence-electron chi connectivity index (χ0n) is 16.0. The zero-order chi connectivity index (χ0) is 20.0. The molecule has 1 aliphatic heterocycles. The van der Waals surface area contributed by atoms with Crippen LogP contribution in [0.15, 0.2) is 53.4 Å². The fourth-order valence-corrected chi connectivity index (χ4v) is 4.19. The number of hydrogen-bond donors (Lipinski definition) is 0. The monoisotopic (exact) mass is 403 g/mol. The van der Waals surface area contributed by atoms with Crippen molar-refractivity contribution in [3.8, 4) is 5.75 Å². The van der Waals surface area contributed by atoms with Gasteiger partial charge < -0.3 is 14.4 Å². The van der Waals surface area contributed by atoms with Gasteiger partial charge in [0.1, 0.15) is 5.75 Å². The van der Waals surface area contributed by atoms with Crippen molar-refractivity contribution in [3.05, 3.63) is 59.7 Å². The van der Waals surface area contributed by atoms with Crippen LogP contribution < -0.4 is 4.74 Å². The second kappa shape index (κ2) is 9.21. The third-order valence-electron chi connectivity index (χ3n) is 4.75. The number of methoxy groups -OCH3 is 1. The van der Waals surface area contributed by atoms with Crippen LogP contribution in [0.1, 0.15) is 35.2 Å². The summed E-state index contributed by atoms with van der Waals surface area (Å²) in [7, 11) is -2.06. The highest BCUT2D eigenvalue weighted by Gasteiger charge is 2.21. The van der Waals surface area contributed by atoms with Crippen LogP contribution in [0, 0.1) is 0 Å². The molecule has 0 bridgehead atoms. The molecule has 1 fully saturated rings. The Bertz CT molecular complexity index is 903. The summed E-state index contributed by atoms with van der Waals surface area (Å²) < 4.78 is 35.7. The molecule has 0 saturated carbocycles. The van der Waals surface area contributed by atoms with Crippen LogP contribution in [0.4, 0.5) is 0 Å². The Morgan fingerprint density at radius 1 is 1.04 bits per heavy atom. The molecule has 1 amide bonds. The number of likely N-dealkylation sites (tertiary alicyclic amines) is 1. The van der Waals surface area contributed by atoms with Gasteiger partial charge in [0.05, 0.1) is 18.6 Å². The Morgan fingerprint density at radius 3 is 2.43 bits per heavy atom. The summed E-state index contributed by atoms with van der Waals surface area (Å²) in [4.78, 5) is 14.5. The number of carbonyl (C=O) groups is 1. The fourth-order valence-electron chi connectivity index (χ4n) is 3.16. The van der Waals surface area contributed by atoms with Gasteiger partial charge in [-0.3, -0.25) is 4.79 Å². The average Bonchev–Trinajstić information content (AvgIpc) is 2.74. The van der Waals surface area contributed by atoms with Gasteiger partial charge in [-0.05, 0) is 55.2 Å². The number of carbonyl (C=O) groups excluding carboxylic acids is 1. The first-order valence-electron chi connectivity index (χ1n) is 9.32. The molecule has 1 heterocycles. The minimum absolute atomic E-state index is 0.102. The van der Waals surface area contributed by atoms with Crippen molar-refractivity contribution >= 4 is 15.7 Å². The van der Waals surface area contributed by atoms with E-state index >= 15 is 0 Å². The maximum Gasteiger partial charge on any atom is 0.253 e. The van der Waals surface area contributed by atoms with Gasteiger partial charge >= 0.3 is 0 Å². The van der Waals surface area contributed by atoms with Gasteiger partial charge in [0.25, 0.3) is 5.91 Å². The molecule has 0 N–H and O–H groups in total. The standard InChI is InChI=1S/C21H25NO5S/c1-26-19-10-8-17(9-11-19)15-27-16-28(24,25)20-7-5-6-18(14-20)21(23)22-12-3-2-4-13-22/h5-11,14H,2-4,12-13,15-16H2,1H3. The van der Waals surface area contributed by atoms with Crippen molar-refractivity contribution in [1.29, 1.82) is 0 Å². The van der Waals surface area contributed by atoms with Crippen molar-refractivity contribution in [1.82, 2.24) is 4.90 Å². The van der Waals surface area contributed by atoms with E-state index in [1.165, 1.54) is 12.1 Å². The highest BCUT2D eigenvalue weighted by Crippen LogP contribution is 2.18. The predicted octanol–water partition coefficient (Wildman–Crippen LogP) is 3.27. The first-order valence-corrected chi connectivity index (χ1v) is 11.0. The highest BCUT2D eigenvalue weighted by molar-refractivity contribution is 7.91. The van der Waals surface area contributed by atoms with E-state index in [2.05, 4.69) is 0 Å². The molecule has 0 aromatic heterocycles. The fraction of sp³-hybridized carbons (Fsp3) is 0.381. The van der Waals surface area contributed by atoms with Gasteiger partial charge in [-0.1, -0.05) is 18.2 Å². The lowest BCUT2D eigenvalue weighted by Gasteiger charge is -2.26.